The highest BCUT2D eigenvalue weighted by Gasteiger charge is 2.26. The predicted octanol–water partition coefficient (Wildman–Crippen LogP) is 5.51. The third-order valence-electron chi connectivity index (χ3n) is 6.70. The van der Waals surface area contributed by atoms with Crippen molar-refractivity contribution in [2.24, 2.45) is 0 Å². The molecule has 1 atom stereocenters. The number of hydrogen-bond donors (Lipinski definition) is 2. The molecular weight excluding hydrogens is 456 g/mol. The van der Waals surface area contributed by atoms with Crippen molar-refractivity contribution in [3.05, 3.63) is 83.9 Å². The second kappa shape index (κ2) is 10.3. The number of aromatic nitrogens is 1. The Morgan fingerprint density at radius 1 is 0.972 bits per heavy atom. The molecule has 7 heteroatoms. The van der Waals surface area contributed by atoms with Gasteiger partial charge in [-0.15, -0.1) is 0 Å². The van der Waals surface area contributed by atoms with E-state index in [1.807, 2.05) is 0 Å². The van der Waals surface area contributed by atoms with Gasteiger partial charge >= 0.3 is 0 Å². The number of ketones is 1. The highest BCUT2D eigenvalue weighted by Crippen LogP contribution is 2.35. The van der Waals surface area contributed by atoms with Gasteiger partial charge in [0.2, 0.25) is 0 Å². The Balaban J connectivity index is 1.41. The Morgan fingerprint density at radius 2 is 1.61 bits per heavy atom. The van der Waals surface area contributed by atoms with Crippen LogP contribution in [-0.2, 0) is 0 Å². The third kappa shape index (κ3) is 4.97. The van der Waals surface area contributed by atoms with E-state index in [9.17, 15) is 15.0 Å². The van der Waals surface area contributed by atoms with E-state index in [1.54, 1.807) is 48.5 Å². The standard InChI is InChI=1S/C29H28N2O5/c1-31-17-2-3-22(31)16-18-35-25-14-8-20(9-15-25)28(34)26-27(19-4-10-23(32)11-5-19)30-36-29(26)21-6-12-24(33)13-7-21/h4-15,22,32-33H,2-3,16-18H2,1H3. The van der Waals surface area contributed by atoms with E-state index in [-0.39, 0.29) is 17.3 Å². The number of phenols is 2. The van der Waals surface area contributed by atoms with Crippen molar-refractivity contribution in [3.63, 3.8) is 0 Å². The lowest BCUT2D eigenvalue weighted by molar-refractivity contribution is 0.103. The summed E-state index contributed by atoms with van der Waals surface area (Å²) < 4.78 is 11.6. The van der Waals surface area contributed by atoms with Gasteiger partial charge in [0.25, 0.3) is 0 Å². The van der Waals surface area contributed by atoms with E-state index in [1.165, 1.54) is 37.1 Å². The van der Waals surface area contributed by atoms with Crippen LogP contribution in [0.4, 0.5) is 0 Å². The lowest BCUT2D eigenvalue weighted by atomic mass is 9.95. The molecule has 1 saturated heterocycles. The van der Waals surface area contributed by atoms with Crippen molar-refractivity contribution in [3.8, 4) is 39.8 Å². The Morgan fingerprint density at radius 3 is 2.22 bits per heavy atom. The van der Waals surface area contributed by atoms with E-state index in [4.69, 9.17) is 9.26 Å². The minimum absolute atomic E-state index is 0.111. The number of benzene rings is 3. The molecule has 2 heterocycles. The molecule has 0 amide bonds. The molecular formula is C29H28N2O5. The van der Waals surface area contributed by atoms with Crippen molar-refractivity contribution in [2.45, 2.75) is 25.3 Å². The van der Waals surface area contributed by atoms with Crippen LogP contribution in [0.2, 0.25) is 0 Å². The number of hydrogen-bond acceptors (Lipinski definition) is 7. The first-order valence-electron chi connectivity index (χ1n) is 12.1. The lowest BCUT2D eigenvalue weighted by Crippen LogP contribution is -2.26. The second-order valence-electron chi connectivity index (χ2n) is 9.10. The molecule has 1 unspecified atom stereocenters. The highest BCUT2D eigenvalue weighted by atomic mass is 16.5. The lowest BCUT2D eigenvalue weighted by Gasteiger charge is -2.19. The fourth-order valence-corrected chi connectivity index (χ4v) is 4.63. The molecule has 5 rings (SSSR count). The Hall–Kier alpha value is -4.10. The minimum Gasteiger partial charge on any atom is -0.508 e. The van der Waals surface area contributed by atoms with Gasteiger partial charge in [0.15, 0.2) is 11.5 Å². The van der Waals surface area contributed by atoms with Crippen molar-refractivity contribution < 1.29 is 24.3 Å². The van der Waals surface area contributed by atoms with Crippen LogP contribution in [0.1, 0.15) is 35.2 Å². The summed E-state index contributed by atoms with van der Waals surface area (Å²) in [5.41, 5.74) is 2.42. The molecule has 0 spiro atoms. The number of phenolic OH excluding ortho intramolecular Hbond substituents is 2. The summed E-state index contributed by atoms with van der Waals surface area (Å²) in [4.78, 5) is 16.1. The topological polar surface area (TPSA) is 96.0 Å². The summed E-state index contributed by atoms with van der Waals surface area (Å²) >= 11 is 0. The number of carbonyl (C=O) groups is 1. The van der Waals surface area contributed by atoms with Crippen molar-refractivity contribution in [2.75, 3.05) is 20.2 Å². The zero-order valence-electron chi connectivity index (χ0n) is 20.1. The van der Waals surface area contributed by atoms with Gasteiger partial charge in [0.05, 0.1) is 12.2 Å². The van der Waals surface area contributed by atoms with Crippen LogP contribution in [0.3, 0.4) is 0 Å². The molecule has 4 aromatic rings. The highest BCUT2D eigenvalue weighted by molar-refractivity contribution is 6.15. The summed E-state index contributed by atoms with van der Waals surface area (Å²) in [5, 5.41) is 23.6. The summed E-state index contributed by atoms with van der Waals surface area (Å²) in [6, 6.07) is 20.5. The predicted molar refractivity (Wildman–Crippen MR) is 136 cm³/mol. The molecule has 1 aliphatic rings. The van der Waals surface area contributed by atoms with E-state index in [0.717, 1.165) is 18.7 Å². The Kier molecular flexibility index (Phi) is 6.73. The summed E-state index contributed by atoms with van der Waals surface area (Å²) in [6.07, 6.45) is 3.42. The molecule has 0 bridgehead atoms. The van der Waals surface area contributed by atoms with Crippen LogP contribution < -0.4 is 4.74 Å². The van der Waals surface area contributed by atoms with Crippen molar-refractivity contribution in [1.29, 1.82) is 0 Å². The first kappa shape index (κ1) is 23.6. The number of ether oxygens (including phenoxy) is 1. The van der Waals surface area contributed by atoms with Gasteiger partial charge in [-0.2, -0.15) is 0 Å². The monoisotopic (exact) mass is 484 g/mol. The van der Waals surface area contributed by atoms with Crippen LogP contribution in [0.25, 0.3) is 22.6 Å². The van der Waals surface area contributed by atoms with E-state index in [0.29, 0.717) is 46.4 Å². The number of carbonyl (C=O) groups excluding carboxylic acids is 1. The maximum absolute atomic E-state index is 13.7. The number of rotatable bonds is 8. The summed E-state index contributed by atoms with van der Waals surface area (Å²) in [7, 11) is 2.15. The molecule has 36 heavy (non-hydrogen) atoms. The van der Waals surface area contributed by atoms with Crippen LogP contribution in [0, 0.1) is 0 Å². The zero-order chi connectivity index (χ0) is 25.1. The van der Waals surface area contributed by atoms with E-state index in [2.05, 4.69) is 17.1 Å². The Bertz CT molecular complexity index is 1260. The van der Waals surface area contributed by atoms with Crippen molar-refractivity contribution >= 4 is 5.78 Å². The molecule has 3 aromatic carbocycles. The number of aromatic hydroxyl groups is 2. The van der Waals surface area contributed by atoms with Gasteiger partial charge in [0, 0.05) is 22.7 Å². The average molecular weight is 485 g/mol. The number of likely N-dealkylation sites (tertiary alicyclic amines) is 1. The minimum atomic E-state index is -0.249. The maximum Gasteiger partial charge on any atom is 0.199 e. The first-order valence-corrected chi connectivity index (χ1v) is 12.1. The van der Waals surface area contributed by atoms with Crippen LogP contribution in [0.15, 0.2) is 77.3 Å². The summed E-state index contributed by atoms with van der Waals surface area (Å²) in [6.45, 7) is 1.77. The number of nitrogens with zero attached hydrogens (tertiary/aromatic N) is 2. The fourth-order valence-electron chi connectivity index (χ4n) is 4.63. The molecule has 0 radical (unpaired) electrons. The van der Waals surface area contributed by atoms with Gasteiger partial charge in [-0.3, -0.25) is 4.79 Å². The molecule has 7 nitrogen and oxygen atoms in total. The van der Waals surface area contributed by atoms with E-state index >= 15 is 0 Å². The molecule has 0 aliphatic carbocycles. The molecule has 184 valence electrons. The maximum atomic E-state index is 13.7. The first-order chi connectivity index (χ1) is 17.5. The van der Waals surface area contributed by atoms with Gasteiger partial charge < -0.3 is 24.4 Å². The molecule has 1 aliphatic heterocycles. The Labute approximate surface area is 209 Å². The normalized spacial score (nSPS) is 15.8. The largest absolute Gasteiger partial charge is 0.508 e. The quantitative estimate of drug-likeness (QED) is 0.318. The SMILES string of the molecule is CN1CCCC1CCOc1ccc(C(=O)c2c(-c3ccc(O)cc3)noc2-c2ccc(O)cc2)cc1. The smallest absolute Gasteiger partial charge is 0.199 e. The van der Waals surface area contributed by atoms with Gasteiger partial charge in [-0.05, 0) is 106 Å². The zero-order valence-corrected chi connectivity index (χ0v) is 20.1. The van der Waals surface area contributed by atoms with E-state index < -0.39 is 0 Å². The van der Waals surface area contributed by atoms with Crippen LogP contribution >= 0.6 is 0 Å². The molecule has 1 fully saturated rings. The second-order valence-corrected chi connectivity index (χ2v) is 9.10. The fraction of sp³-hybridized carbons (Fsp3) is 0.241. The molecule has 2 N–H and O–H groups in total. The van der Waals surface area contributed by atoms with Gasteiger partial charge in [-0.25, -0.2) is 0 Å². The summed E-state index contributed by atoms with van der Waals surface area (Å²) in [5.74, 6) is 1.00. The molecule has 1 aromatic heterocycles. The van der Waals surface area contributed by atoms with Crippen molar-refractivity contribution in [1.82, 2.24) is 10.1 Å². The third-order valence-corrected chi connectivity index (χ3v) is 6.70. The van der Waals surface area contributed by atoms with Crippen LogP contribution in [0.5, 0.6) is 17.2 Å². The van der Waals surface area contributed by atoms with Crippen LogP contribution in [-0.4, -0.2) is 52.3 Å². The average Bonchev–Trinajstić information content (AvgIpc) is 3.51. The van der Waals surface area contributed by atoms with Gasteiger partial charge in [-0.1, -0.05) is 5.16 Å². The van der Waals surface area contributed by atoms with Gasteiger partial charge in [0.1, 0.15) is 22.9 Å². The molecule has 0 saturated carbocycles.